The van der Waals surface area contributed by atoms with Gasteiger partial charge in [-0.1, -0.05) is 44.0 Å². The van der Waals surface area contributed by atoms with Crippen molar-refractivity contribution in [3.8, 4) is 0 Å². The molecule has 2 aliphatic rings. The van der Waals surface area contributed by atoms with Crippen LogP contribution < -0.4 is 5.73 Å². The smallest absolute Gasteiger partial charge is 0.0831 e. The second-order valence-corrected chi connectivity index (χ2v) is 6.91. The zero-order valence-electron chi connectivity index (χ0n) is 12.8. The molecule has 1 aromatic carbocycles. The van der Waals surface area contributed by atoms with Gasteiger partial charge in [0.1, 0.15) is 0 Å². The maximum Gasteiger partial charge on any atom is 0.0831 e. The van der Waals surface area contributed by atoms with Gasteiger partial charge in [0.15, 0.2) is 0 Å². The van der Waals surface area contributed by atoms with Crippen LogP contribution in [0.5, 0.6) is 0 Å². The fraction of sp³-hybridized carbons (Fsp3) is 0.667. The van der Waals surface area contributed by atoms with Crippen molar-refractivity contribution < 1.29 is 4.74 Å². The van der Waals surface area contributed by atoms with Crippen LogP contribution in [0.2, 0.25) is 0 Å². The average Bonchev–Trinajstić information content (AvgIpc) is 2.44. The third-order valence-electron chi connectivity index (χ3n) is 5.57. The minimum atomic E-state index is -0.0812. The van der Waals surface area contributed by atoms with Crippen LogP contribution in [-0.2, 0) is 11.2 Å². The Balaban J connectivity index is 1.68. The molecular formula is C18H27NO. The molecule has 0 heterocycles. The van der Waals surface area contributed by atoms with E-state index in [9.17, 15) is 0 Å². The van der Waals surface area contributed by atoms with Crippen molar-refractivity contribution in [1.82, 2.24) is 0 Å². The number of ether oxygens (including phenoxy) is 1. The molecule has 20 heavy (non-hydrogen) atoms. The zero-order valence-corrected chi connectivity index (χ0v) is 12.8. The normalized spacial score (nSPS) is 34.1. The number of hydrogen-bond donors (Lipinski definition) is 1. The Kier molecular flexibility index (Phi) is 3.87. The lowest BCUT2D eigenvalue weighted by molar-refractivity contribution is -0.0738. The molecular weight excluding hydrogens is 246 g/mol. The summed E-state index contributed by atoms with van der Waals surface area (Å²) in [6.45, 7) is 2.33. The van der Waals surface area contributed by atoms with Crippen molar-refractivity contribution >= 4 is 0 Å². The molecule has 4 atom stereocenters. The standard InChI is InChI=1S/C18H27NO/c1-13-6-5-9-18(12-13,20-2)17(19)11-15-10-14-7-3-4-8-16(14)15/h3-4,7-8,13,15,17H,5-6,9-12,19H2,1-2H3. The number of nitrogens with two attached hydrogens (primary N) is 1. The third kappa shape index (κ3) is 2.40. The summed E-state index contributed by atoms with van der Waals surface area (Å²) in [5, 5.41) is 0. The van der Waals surface area contributed by atoms with Gasteiger partial charge in [-0.3, -0.25) is 0 Å². The van der Waals surface area contributed by atoms with Crippen LogP contribution in [0.4, 0.5) is 0 Å². The van der Waals surface area contributed by atoms with Gasteiger partial charge in [-0.25, -0.2) is 0 Å². The molecule has 0 aromatic heterocycles. The van der Waals surface area contributed by atoms with E-state index in [1.165, 1.54) is 30.4 Å². The Morgan fingerprint density at radius 3 is 2.90 bits per heavy atom. The van der Waals surface area contributed by atoms with Gasteiger partial charge in [-0.2, -0.15) is 0 Å². The first-order valence-corrected chi connectivity index (χ1v) is 8.03. The highest BCUT2D eigenvalue weighted by atomic mass is 16.5. The van der Waals surface area contributed by atoms with Crippen molar-refractivity contribution in [2.24, 2.45) is 11.7 Å². The third-order valence-corrected chi connectivity index (χ3v) is 5.57. The maximum atomic E-state index is 6.60. The Hall–Kier alpha value is -0.860. The number of hydrogen-bond acceptors (Lipinski definition) is 2. The average molecular weight is 273 g/mol. The summed E-state index contributed by atoms with van der Waals surface area (Å²) in [5.74, 6) is 1.38. The van der Waals surface area contributed by atoms with Crippen molar-refractivity contribution in [1.29, 1.82) is 0 Å². The van der Waals surface area contributed by atoms with Gasteiger partial charge < -0.3 is 10.5 Å². The second kappa shape index (κ2) is 5.50. The molecule has 3 rings (SSSR count). The first-order chi connectivity index (χ1) is 9.64. The van der Waals surface area contributed by atoms with Gasteiger partial charge in [0.05, 0.1) is 5.60 Å². The lowest BCUT2D eigenvalue weighted by atomic mass is 9.68. The van der Waals surface area contributed by atoms with E-state index in [1.54, 1.807) is 0 Å². The lowest BCUT2D eigenvalue weighted by Gasteiger charge is -2.45. The molecule has 2 aliphatic carbocycles. The first-order valence-electron chi connectivity index (χ1n) is 8.03. The highest BCUT2D eigenvalue weighted by Crippen LogP contribution is 2.43. The summed E-state index contributed by atoms with van der Waals surface area (Å²) in [6, 6.07) is 8.94. The molecule has 0 amide bonds. The largest absolute Gasteiger partial charge is 0.377 e. The van der Waals surface area contributed by atoms with Gasteiger partial charge in [0, 0.05) is 13.2 Å². The predicted octanol–water partition coefficient (Wildman–Crippen LogP) is 3.64. The molecule has 4 unspecified atom stereocenters. The fourth-order valence-electron chi connectivity index (χ4n) is 4.31. The molecule has 110 valence electrons. The monoisotopic (exact) mass is 273 g/mol. The van der Waals surface area contributed by atoms with Crippen molar-refractivity contribution in [2.45, 2.75) is 63.0 Å². The van der Waals surface area contributed by atoms with E-state index in [2.05, 4.69) is 31.2 Å². The van der Waals surface area contributed by atoms with Crippen LogP contribution >= 0.6 is 0 Å². The van der Waals surface area contributed by atoms with Crippen LogP contribution in [0.15, 0.2) is 24.3 Å². The fourth-order valence-corrected chi connectivity index (χ4v) is 4.31. The van der Waals surface area contributed by atoms with Crippen molar-refractivity contribution in [3.63, 3.8) is 0 Å². The molecule has 0 saturated heterocycles. The van der Waals surface area contributed by atoms with Gasteiger partial charge in [0.25, 0.3) is 0 Å². The topological polar surface area (TPSA) is 35.2 Å². The molecule has 2 heteroatoms. The molecule has 2 nitrogen and oxygen atoms in total. The number of benzene rings is 1. The van der Waals surface area contributed by atoms with Gasteiger partial charge >= 0.3 is 0 Å². The molecule has 1 saturated carbocycles. The lowest BCUT2D eigenvalue weighted by Crippen LogP contribution is -2.53. The van der Waals surface area contributed by atoms with E-state index < -0.39 is 0 Å². The highest BCUT2D eigenvalue weighted by Gasteiger charge is 2.42. The predicted molar refractivity (Wildman–Crippen MR) is 82.9 cm³/mol. The maximum absolute atomic E-state index is 6.60. The van der Waals surface area contributed by atoms with Crippen LogP contribution in [0.3, 0.4) is 0 Å². The Morgan fingerprint density at radius 2 is 2.20 bits per heavy atom. The summed E-state index contributed by atoms with van der Waals surface area (Å²) in [7, 11) is 1.85. The van der Waals surface area contributed by atoms with E-state index in [0.717, 1.165) is 25.2 Å². The summed E-state index contributed by atoms with van der Waals surface area (Å²) < 4.78 is 5.94. The number of methoxy groups -OCH3 is 1. The first kappa shape index (κ1) is 14.1. The van der Waals surface area contributed by atoms with Crippen LogP contribution in [0.1, 0.15) is 56.1 Å². The molecule has 1 aromatic rings. The van der Waals surface area contributed by atoms with Crippen molar-refractivity contribution in [2.75, 3.05) is 7.11 Å². The number of fused-ring (bicyclic) bond motifs is 1. The Bertz CT molecular complexity index is 472. The summed E-state index contributed by atoms with van der Waals surface area (Å²) in [5.41, 5.74) is 9.54. The minimum Gasteiger partial charge on any atom is -0.377 e. The zero-order chi connectivity index (χ0) is 14.2. The molecule has 0 bridgehead atoms. The molecule has 1 fully saturated rings. The van der Waals surface area contributed by atoms with Gasteiger partial charge in [0.2, 0.25) is 0 Å². The number of rotatable bonds is 4. The van der Waals surface area contributed by atoms with E-state index >= 15 is 0 Å². The summed E-state index contributed by atoms with van der Waals surface area (Å²) in [6.07, 6.45) is 7.09. The Labute approximate surface area is 122 Å². The molecule has 0 radical (unpaired) electrons. The molecule has 0 aliphatic heterocycles. The van der Waals surface area contributed by atoms with Crippen LogP contribution in [0, 0.1) is 5.92 Å². The van der Waals surface area contributed by atoms with Crippen LogP contribution in [0.25, 0.3) is 0 Å². The van der Waals surface area contributed by atoms with Crippen molar-refractivity contribution in [3.05, 3.63) is 35.4 Å². The van der Waals surface area contributed by atoms with Gasteiger partial charge in [-0.15, -0.1) is 0 Å². The SMILES string of the molecule is COC1(C(N)CC2Cc3ccccc32)CCCC(C)C1. The highest BCUT2D eigenvalue weighted by molar-refractivity contribution is 5.40. The Morgan fingerprint density at radius 1 is 1.40 bits per heavy atom. The molecule has 2 N–H and O–H groups in total. The summed E-state index contributed by atoms with van der Waals surface area (Å²) >= 11 is 0. The summed E-state index contributed by atoms with van der Waals surface area (Å²) in [4.78, 5) is 0. The van der Waals surface area contributed by atoms with E-state index in [0.29, 0.717) is 5.92 Å². The van der Waals surface area contributed by atoms with E-state index in [4.69, 9.17) is 10.5 Å². The minimum absolute atomic E-state index is 0.0812. The van der Waals surface area contributed by atoms with Crippen LogP contribution in [-0.4, -0.2) is 18.8 Å². The van der Waals surface area contributed by atoms with Gasteiger partial charge in [-0.05, 0) is 48.6 Å². The van der Waals surface area contributed by atoms with E-state index in [-0.39, 0.29) is 11.6 Å². The second-order valence-electron chi connectivity index (χ2n) is 6.91. The quantitative estimate of drug-likeness (QED) is 0.909. The van der Waals surface area contributed by atoms with E-state index in [1.807, 2.05) is 7.11 Å². The molecule has 0 spiro atoms.